The van der Waals surface area contributed by atoms with Crippen LogP contribution in [0.1, 0.15) is 23.6 Å². The number of anilines is 3. The SMILES string of the molecule is CC1(c2ccccc2)c2ccccc2-c2c(N(c3ccc(-c4ccc(-c5ccccc5)cc4)cc3)c3ccc4ccccc4c3)cccc21. The molecule has 0 aromatic heterocycles. The second-order valence-electron chi connectivity index (χ2n) is 13.1. The average Bonchev–Trinajstić information content (AvgIpc) is 3.45. The molecule has 1 unspecified atom stereocenters. The van der Waals surface area contributed by atoms with Gasteiger partial charge in [-0.25, -0.2) is 0 Å². The van der Waals surface area contributed by atoms with Crippen molar-refractivity contribution in [2.45, 2.75) is 12.3 Å². The fourth-order valence-electron chi connectivity index (χ4n) is 7.82. The molecule has 1 heteroatoms. The standard InChI is InChI=1S/C48H35N/c1-48(40-17-6-3-7-18-40)44-20-11-10-19-43(44)47-45(48)21-12-22-46(47)49(42-32-29-35-15-8-9-16-39(35)33-42)41-30-27-38(28-31-41)37-25-23-36(24-26-37)34-13-4-2-5-14-34/h2-33H,1H3. The summed E-state index contributed by atoms with van der Waals surface area (Å²) in [5, 5.41) is 2.46. The second kappa shape index (κ2) is 11.8. The molecule has 1 nitrogen and oxygen atoms in total. The van der Waals surface area contributed by atoms with Crippen LogP contribution in [0.2, 0.25) is 0 Å². The second-order valence-corrected chi connectivity index (χ2v) is 13.1. The lowest BCUT2D eigenvalue weighted by atomic mass is 9.74. The zero-order chi connectivity index (χ0) is 32.8. The fraction of sp³-hybridized carbons (Fsp3) is 0.0417. The predicted octanol–water partition coefficient (Wildman–Crippen LogP) is 13.0. The highest BCUT2D eigenvalue weighted by Crippen LogP contribution is 2.56. The molecule has 0 bridgehead atoms. The summed E-state index contributed by atoms with van der Waals surface area (Å²) in [4.78, 5) is 2.45. The van der Waals surface area contributed by atoms with E-state index in [0.717, 1.165) is 11.4 Å². The van der Waals surface area contributed by atoms with E-state index in [4.69, 9.17) is 0 Å². The zero-order valence-electron chi connectivity index (χ0n) is 27.4. The third kappa shape index (κ3) is 4.86. The van der Waals surface area contributed by atoms with Crippen LogP contribution >= 0.6 is 0 Å². The van der Waals surface area contributed by atoms with Gasteiger partial charge < -0.3 is 4.90 Å². The molecule has 8 aromatic rings. The highest BCUT2D eigenvalue weighted by atomic mass is 15.1. The molecule has 1 aliphatic carbocycles. The Morgan fingerprint density at radius 3 is 1.63 bits per heavy atom. The molecule has 49 heavy (non-hydrogen) atoms. The summed E-state index contributed by atoms with van der Waals surface area (Å²) in [6.45, 7) is 2.38. The van der Waals surface area contributed by atoms with Crippen LogP contribution in [0.25, 0.3) is 44.2 Å². The van der Waals surface area contributed by atoms with Gasteiger partial charge >= 0.3 is 0 Å². The summed E-state index contributed by atoms with van der Waals surface area (Å²) in [6, 6.07) is 70.7. The minimum Gasteiger partial charge on any atom is -0.310 e. The molecule has 1 aliphatic rings. The van der Waals surface area contributed by atoms with Gasteiger partial charge in [-0.2, -0.15) is 0 Å². The van der Waals surface area contributed by atoms with Crippen molar-refractivity contribution < 1.29 is 0 Å². The Morgan fingerprint density at radius 2 is 0.918 bits per heavy atom. The molecule has 0 aliphatic heterocycles. The molecule has 8 aromatic carbocycles. The van der Waals surface area contributed by atoms with Gasteiger partial charge in [-0.05, 0) is 92.5 Å². The molecule has 0 saturated heterocycles. The Labute approximate surface area is 288 Å². The van der Waals surface area contributed by atoms with E-state index in [1.54, 1.807) is 0 Å². The monoisotopic (exact) mass is 625 g/mol. The molecule has 9 rings (SSSR count). The van der Waals surface area contributed by atoms with Crippen LogP contribution in [-0.4, -0.2) is 0 Å². The van der Waals surface area contributed by atoms with Crippen molar-refractivity contribution in [3.05, 3.63) is 211 Å². The maximum atomic E-state index is 2.45. The molecule has 0 heterocycles. The van der Waals surface area contributed by atoms with E-state index >= 15 is 0 Å². The van der Waals surface area contributed by atoms with E-state index in [9.17, 15) is 0 Å². The van der Waals surface area contributed by atoms with E-state index in [2.05, 4.69) is 206 Å². The van der Waals surface area contributed by atoms with E-state index in [0.29, 0.717) is 0 Å². The van der Waals surface area contributed by atoms with Gasteiger partial charge in [0.25, 0.3) is 0 Å². The van der Waals surface area contributed by atoms with E-state index in [-0.39, 0.29) is 5.41 Å². The molecule has 232 valence electrons. The first kappa shape index (κ1) is 29.0. The van der Waals surface area contributed by atoms with Gasteiger partial charge in [0, 0.05) is 22.4 Å². The largest absolute Gasteiger partial charge is 0.310 e. The van der Waals surface area contributed by atoms with Gasteiger partial charge in [-0.3, -0.25) is 0 Å². The van der Waals surface area contributed by atoms with Crippen molar-refractivity contribution in [3.8, 4) is 33.4 Å². The normalized spacial score (nSPS) is 14.7. The first-order chi connectivity index (χ1) is 24.2. The molecular formula is C48H35N. The lowest BCUT2D eigenvalue weighted by Crippen LogP contribution is -2.22. The Morgan fingerprint density at radius 1 is 0.388 bits per heavy atom. The summed E-state index contributed by atoms with van der Waals surface area (Å²) >= 11 is 0. The molecule has 0 radical (unpaired) electrons. The van der Waals surface area contributed by atoms with Gasteiger partial charge in [0.2, 0.25) is 0 Å². The first-order valence-electron chi connectivity index (χ1n) is 17.0. The maximum Gasteiger partial charge on any atom is 0.0543 e. The van der Waals surface area contributed by atoms with Crippen LogP contribution in [0.15, 0.2) is 194 Å². The number of fused-ring (bicyclic) bond motifs is 4. The van der Waals surface area contributed by atoms with Crippen molar-refractivity contribution in [1.29, 1.82) is 0 Å². The Kier molecular flexibility index (Phi) is 6.99. The fourth-order valence-corrected chi connectivity index (χ4v) is 7.82. The average molecular weight is 626 g/mol. The lowest BCUT2D eigenvalue weighted by Gasteiger charge is -2.30. The van der Waals surface area contributed by atoms with Crippen molar-refractivity contribution in [1.82, 2.24) is 0 Å². The molecule has 0 spiro atoms. The van der Waals surface area contributed by atoms with E-state index in [1.807, 2.05) is 0 Å². The van der Waals surface area contributed by atoms with Crippen LogP contribution in [0.3, 0.4) is 0 Å². The van der Waals surface area contributed by atoms with Crippen molar-refractivity contribution >= 4 is 27.8 Å². The van der Waals surface area contributed by atoms with E-state index < -0.39 is 0 Å². The minimum absolute atomic E-state index is 0.270. The highest BCUT2D eigenvalue weighted by molar-refractivity contribution is 5.97. The third-order valence-electron chi connectivity index (χ3n) is 10.4. The van der Waals surface area contributed by atoms with Crippen LogP contribution in [0.5, 0.6) is 0 Å². The number of rotatable bonds is 6. The summed E-state index contributed by atoms with van der Waals surface area (Å²) in [6.07, 6.45) is 0. The first-order valence-corrected chi connectivity index (χ1v) is 17.0. The van der Waals surface area contributed by atoms with Crippen molar-refractivity contribution in [3.63, 3.8) is 0 Å². The number of hydrogen-bond donors (Lipinski definition) is 0. The zero-order valence-corrected chi connectivity index (χ0v) is 27.4. The topological polar surface area (TPSA) is 3.24 Å². The van der Waals surface area contributed by atoms with Crippen molar-refractivity contribution in [2.24, 2.45) is 0 Å². The summed E-state index contributed by atoms with van der Waals surface area (Å²) in [5.74, 6) is 0. The summed E-state index contributed by atoms with van der Waals surface area (Å²) < 4.78 is 0. The molecular weight excluding hydrogens is 591 g/mol. The molecule has 0 fully saturated rings. The smallest absolute Gasteiger partial charge is 0.0543 e. The predicted molar refractivity (Wildman–Crippen MR) is 207 cm³/mol. The highest BCUT2D eigenvalue weighted by Gasteiger charge is 2.42. The number of hydrogen-bond acceptors (Lipinski definition) is 1. The van der Waals surface area contributed by atoms with Crippen LogP contribution in [-0.2, 0) is 5.41 Å². The summed E-state index contributed by atoms with van der Waals surface area (Å²) in [7, 11) is 0. The number of benzene rings is 8. The van der Waals surface area contributed by atoms with Gasteiger partial charge in [-0.1, -0.05) is 164 Å². The Balaban J connectivity index is 1.20. The molecule has 1 atom stereocenters. The Bertz CT molecular complexity index is 2430. The molecule has 0 amide bonds. The maximum absolute atomic E-state index is 2.45. The quantitative estimate of drug-likeness (QED) is 0.178. The van der Waals surface area contributed by atoms with Gasteiger partial charge in [0.05, 0.1) is 5.69 Å². The third-order valence-corrected chi connectivity index (χ3v) is 10.4. The van der Waals surface area contributed by atoms with Crippen LogP contribution < -0.4 is 4.90 Å². The Hall–Kier alpha value is -6.18. The molecule has 0 N–H and O–H groups in total. The minimum atomic E-state index is -0.270. The van der Waals surface area contributed by atoms with Gasteiger partial charge in [-0.15, -0.1) is 0 Å². The van der Waals surface area contributed by atoms with Crippen LogP contribution in [0.4, 0.5) is 17.1 Å². The van der Waals surface area contributed by atoms with Crippen LogP contribution in [0, 0.1) is 0 Å². The lowest BCUT2D eigenvalue weighted by molar-refractivity contribution is 0.714. The van der Waals surface area contributed by atoms with Gasteiger partial charge in [0.15, 0.2) is 0 Å². The number of nitrogens with zero attached hydrogens (tertiary/aromatic N) is 1. The molecule has 0 saturated carbocycles. The van der Waals surface area contributed by atoms with Crippen molar-refractivity contribution in [2.75, 3.05) is 4.90 Å². The van der Waals surface area contributed by atoms with E-state index in [1.165, 1.54) is 66.5 Å². The summed E-state index contributed by atoms with van der Waals surface area (Å²) in [5.41, 5.74) is 14.6. The van der Waals surface area contributed by atoms with Gasteiger partial charge in [0.1, 0.15) is 0 Å².